The molecular formula is C13H14ClN3O2. The minimum atomic E-state index is -1.05. The summed E-state index contributed by atoms with van der Waals surface area (Å²) in [5.41, 5.74) is 1.55. The van der Waals surface area contributed by atoms with Crippen molar-refractivity contribution in [3.8, 4) is 0 Å². The second-order valence-corrected chi connectivity index (χ2v) is 4.60. The normalized spacial score (nSPS) is 10.6. The van der Waals surface area contributed by atoms with Crippen LogP contribution in [-0.4, -0.2) is 26.1 Å². The molecule has 1 aromatic heterocycles. The summed E-state index contributed by atoms with van der Waals surface area (Å²) in [4.78, 5) is 11.1. The molecule has 0 fully saturated rings. The van der Waals surface area contributed by atoms with Crippen molar-refractivity contribution in [1.82, 2.24) is 15.0 Å². The van der Waals surface area contributed by atoms with E-state index in [0.717, 1.165) is 12.0 Å². The standard InChI is InChI=1S/C13H14ClN3O2/c1-2-5-11-12(13(18)19)15-16-17(11)8-9-6-3-4-7-10(9)14/h3-4,6-7H,2,5,8H2,1H3,(H,18,19). The topological polar surface area (TPSA) is 68.0 Å². The van der Waals surface area contributed by atoms with Crippen LogP contribution in [0.15, 0.2) is 24.3 Å². The van der Waals surface area contributed by atoms with E-state index in [-0.39, 0.29) is 5.69 Å². The van der Waals surface area contributed by atoms with Gasteiger partial charge in [0.05, 0.1) is 12.2 Å². The monoisotopic (exact) mass is 279 g/mol. The summed E-state index contributed by atoms with van der Waals surface area (Å²) >= 11 is 6.10. The molecule has 0 unspecified atom stereocenters. The van der Waals surface area contributed by atoms with E-state index in [1.165, 1.54) is 0 Å². The van der Waals surface area contributed by atoms with Crippen LogP contribution >= 0.6 is 11.6 Å². The van der Waals surface area contributed by atoms with Crippen LogP contribution in [0.5, 0.6) is 0 Å². The first-order chi connectivity index (χ1) is 9.13. The second kappa shape index (κ2) is 5.84. The average Bonchev–Trinajstić information content (AvgIpc) is 2.76. The van der Waals surface area contributed by atoms with Crippen LogP contribution in [0.4, 0.5) is 0 Å². The molecule has 0 bridgehead atoms. The van der Waals surface area contributed by atoms with Gasteiger partial charge in [-0.1, -0.05) is 48.4 Å². The Labute approximate surface area is 115 Å². The first-order valence-electron chi connectivity index (χ1n) is 6.02. The van der Waals surface area contributed by atoms with Crippen molar-refractivity contribution in [3.05, 3.63) is 46.2 Å². The van der Waals surface area contributed by atoms with Crippen molar-refractivity contribution in [1.29, 1.82) is 0 Å². The zero-order chi connectivity index (χ0) is 13.8. The van der Waals surface area contributed by atoms with Crippen molar-refractivity contribution in [2.75, 3.05) is 0 Å². The van der Waals surface area contributed by atoms with Crippen LogP contribution in [0.25, 0.3) is 0 Å². The van der Waals surface area contributed by atoms with E-state index in [0.29, 0.717) is 23.7 Å². The minimum Gasteiger partial charge on any atom is -0.476 e. The number of carboxylic acids is 1. The summed E-state index contributed by atoms with van der Waals surface area (Å²) in [7, 11) is 0. The molecule has 1 heterocycles. The number of carboxylic acid groups (broad SMARTS) is 1. The largest absolute Gasteiger partial charge is 0.476 e. The Bertz CT molecular complexity index is 595. The van der Waals surface area contributed by atoms with Crippen molar-refractivity contribution >= 4 is 17.6 Å². The third-order valence-electron chi connectivity index (χ3n) is 2.80. The Hall–Kier alpha value is -1.88. The van der Waals surface area contributed by atoms with Crippen LogP contribution in [-0.2, 0) is 13.0 Å². The Morgan fingerprint density at radius 3 is 2.79 bits per heavy atom. The van der Waals surface area contributed by atoms with Crippen molar-refractivity contribution in [3.63, 3.8) is 0 Å². The zero-order valence-electron chi connectivity index (χ0n) is 10.5. The van der Waals surface area contributed by atoms with E-state index in [9.17, 15) is 4.79 Å². The molecule has 0 atom stereocenters. The molecular weight excluding hydrogens is 266 g/mol. The number of hydrogen-bond donors (Lipinski definition) is 1. The quantitative estimate of drug-likeness (QED) is 0.913. The number of aromatic carboxylic acids is 1. The number of halogens is 1. The average molecular weight is 280 g/mol. The van der Waals surface area contributed by atoms with Crippen LogP contribution in [0.2, 0.25) is 5.02 Å². The van der Waals surface area contributed by atoms with E-state index in [4.69, 9.17) is 16.7 Å². The van der Waals surface area contributed by atoms with Crippen molar-refractivity contribution < 1.29 is 9.90 Å². The molecule has 0 aliphatic heterocycles. The molecule has 2 rings (SSSR count). The lowest BCUT2D eigenvalue weighted by Crippen LogP contribution is -2.09. The van der Waals surface area contributed by atoms with Gasteiger partial charge >= 0.3 is 5.97 Å². The van der Waals surface area contributed by atoms with E-state index in [1.54, 1.807) is 10.7 Å². The van der Waals surface area contributed by atoms with E-state index >= 15 is 0 Å². The van der Waals surface area contributed by atoms with Crippen LogP contribution in [0.1, 0.15) is 35.1 Å². The van der Waals surface area contributed by atoms with Gasteiger partial charge in [0.15, 0.2) is 5.69 Å². The predicted octanol–water partition coefficient (Wildman–Crippen LogP) is 2.63. The predicted molar refractivity (Wildman–Crippen MR) is 71.5 cm³/mol. The maximum atomic E-state index is 11.1. The molecule has 2 aromatic rings. The number of hydrogen-bond acceptors (Lipinski definition) is 3. The van der Waals surface area contributed by atoms with Gasteiger partial charge in [0, 0.05) is 5.02 Å². The first kappa shape index (κ1) is 13.5. The molecule has 1 N–H and O–H groups in total. The van der Waals surface area contributed by atoms with Gasteiger partial charge in [-0.2, -0.15) is 0 Å². The lowest BCUT2D eigenvalue weighted by Gasteiger charge is -2.07. The molecule has 5 nitrogen and oxygen atoms in total. The van der Waals surface area contributed by atoms with E-state index in [1.807, 2.05) is 25.1 Å². The number of aromatic nitrogens is 3. The number of benzene rings is 1. The van der Waals surface area contributed by atoms with Crippen LogP contribution < -0.4 is 0 Å². The Morgan fingerprint density at radius 2 is 2.16 bits per heavy atom. The van der Waals surface area contributed by atoms with Gasteiger partial charge in [-0.25, -0.2) is 9.48 Å². The highest BCUT2D eigenvalue weighted by Crippen LogP contribution is 2.18. The molecule has 0 aliphatic rings. The minimum absolute atomic E-state index is 0.0221. The number of nitrogens with zero attached hydrogens (tertiary/aromatic N) is 3. The maximum absolute atomic E-state index is 11.1. The summed E-state index contributed by atoms with van der Waals surface area (Å²) in [6, 6.07) is 7.42. The summed E-state index contributed by atoms with van der Waals surface area (Å²) in [6.45, 7) is 2.41. The van der Waals surface area contributed by atoms with E-state index in [2.05, 4.69) is 10.3 Å². The SMILES string of the molecule is CCCc1c(C(=O)O)nnn1Cc1ccccc1Cl. The molecule has 0 radical (unpaired) electrons. The second-order valence-electron chi connectivity index (χ2n) is 4.19. The Kier molecular flexibility index (Phi) is 4.16. The zero-order valence-corrected chi connectivity index (χ0v) is 11.3. The highest BCUT2D eigenvalue weighted by Gasteiger charge is 2.18. The van der Waals surface area contributed by atoms with Gasteiger partial charge in [-0.05, 0) is 18.1 Å². The molecule has 0 saturated heterocycles. The Balaban J connectivity index is 2.35. The van der Waals surface area contributed by atoms with E-state index < -0.39 is 5.97 Å². The van der Waals surface area contributed by atoms with Crippen molar-refractivity contribution in [2.45, 2.75) is 26.3 Å². The van der Waals surface area contributed by atoms with Gasteiger partial charge < -0.3 is 5.11 Å². The third-order valence-corrected chi connectivity index (χ3v) is 3.17. The number of carbonyl (C=O) groups is 1. The summed E-state index contributed by atoms with van der Waals surface area (Å²) in [5.74, 6) is -1.05. The molecule has 19 heavy (non-hydrogen) atoms. The van der Waals surface area contributed by atoms with Gasteiger partial charge in [-0.15, -0.1) is 5.10 Å². The molecule has 0 amide bonds. The van der Waals surface area contributed by atoms with Gasteiger partial charge in [0.1, 0.15) is 0 Å². The highest BCUT2D eigenvalue weighted by atomic mass is 35.5. The van der Waals surface area contributed by atoms with Gasteiger partial charge in [0.2, 0.25) is 0 Å². The number of rotatable bonds is 5. The summed E-state index contributed by atoms with van der Waals surface area (Å²) in [5, 5.41) is 17.4. The molecule has 6 heteroatoms. The molecule has 100 valence electrons. The van der Waals surface area contributed by atoms with Gasteiger partial charge in [0.25, 0.3) is 0 Å². The lowest BCUT2D eigenvalue weighted by molar-refractivity contribution is 0.0689. The fraction of sp³-hybridized carbons (Fsp3) is 0.308. The van der Waals surface area contributed by atoms with Crippen LogP contribution in [0.3, 0.4) is 0 Å². The highest BCUT2D eigenvalue weighted by molar-refractivity contribution is 6.31. The fourth-order valence-corrected chi connectivity index (χ4v) is 2.09. The maximum Gasteiger partial charge on any atom is 0.358 e. The lowest BCUT2D eigenvalue weighted by atomic mass is 10.2. The smallest absolute Gasteiger partial charge is 0.358 e. The summed E-state index contributed by atoms with van der Waals surface area (Å²) in [6.07, 6.45) is 1.45. The third kappa shape index (κ3) is 2.93. The molecule has 0 aliphatic carbocycles. The fourth-order valence-electron chi connectivity index (χ4n) is 1.90. The molecule has 0 spiro atoms. The Morgan fingerprint density at radius 1 is 1.42 bits per heavy atom. The van der Waals surface area contributed by atoms with Crippen molar-refractivity contribution in [2.24, 2.45) is 0 Å². The van der Waals surface area contributed by atoms with Crippen LogP contribution in [0, 0.1) is 0 Å². The molecule has 1 aromatic carbocycles. The molecule has 0 saturated carbocycles. The first-order valence-corrected chi connectivity index (χ1v) is 6.40. The summed E-state index contributed by atoms with van der Waals surface area (Å²) < 4.78 is 1.61. The van der Waals surface area contributed by atoms with Gasteiger partial charge in [-0.3, -0.25) is 0 Å².